The monoisotopic (exact) mass is 363 g/mol. The number of amides is 1. The Bertz CT molecular complexity index is 995. The van der Waals surface area contributed by atoms with Gasteiger partial charge in [-0.1, -0.05) is 31.2 Å². The van der Waals surface area contributed by atoms with Crippen LogP contribution in [0.1, 0.15) is 47.8 Å². The lowest BCUT2D eigenvalue weighted by atomic mass is 9.98. The van der Waals surface area contributed by atoms with E-state index in [4.69, 9.17) is 0 Å². The highest BCUT2D eigenvalue weighted by atomic mass is 19.1. The van der Waals surface area contributed by atoms with Gasteiger partial charge in [-0.25, -0.2) is 4.39 Å². The second-order valence-electron chi connectivity index (χ2n) is 6.78. The third-order valence-corrected chi connectivity index (χ3v) is 5.28. The van der Waals surface area contributed by atoms with Crippen molar-refractivity contribution in [2.24, 2.45) is 0 Å². The average molecular weight is 363 g/mol. The van der Waals surface area contributed by atoms with Crippen molar-refractivity contribution < 1.29 is 9.18 Å². The predicted molar refractivity (Wildman–Crippen MR) is 103 cm³/mol. The summed E-state index contributed by atoms with van der Waals surface area (Å²) in [7, 11) is 0. The topological polar surface area (TPSA) is 38.1 Å². The highest BCUT2D eigenvalue weighted by molar-refractivity contribution is 5.99. The third-order valence-electron chi connectivity index (χ3n) is 5.28. The van der Waals surface area contributed by atoms with Crippen molar-refractivity contribution >= 4 is 5.91 Å². The van der Waals surface area contributed by atoms with Gasteiger partial charge in [0.25, 0.3) is 5.91 Å². The lowest BCUT2D eigenvalue weighted by molar-refractivity contribution is 0.0704. The number of rotatable bonds is 5. The summed E-state index contributed by atoms with van der Waals surface area (Å²) in [5.41, 5.74) is 4.35. The van der Waals surface area contributed by atoms with Crippen LogP contribution in [0.5, 0.6) is 0 Å². The van der Waals surface area contributed by atoms with Crippen LogP contribution in [0.25, 0.3) is 11.3 Å². The number of aryl methyl sites for hydroxylation is 1. The quantitative estimate of drug-likeness (QED) is 0.652. The van der Waals surface area contributed by atoms with E-state index in [1.807, 2.05) is 22.9 Å². The molecule has 0 aliphatic carbocycles. The predicted octanol–water partition coefficient (Wildman–Crippen LogP) is 4.82. The molecule has 2 heterocycles. The second kappa shape index (κ2) is 6.99. The van der Waals surface area contributed by atoms with E-state index in [0.29, 0.717) is 11.1 Å². The molecule has 4 nitrogen and oxygen atoms in total. The SMILES string of the molecule is CCC1c2cc(-c3ccnn3CC)ccc2C(=O)N1Cc1ccccc1F. The maximum atomic E-state index is 14.1. The molecule has 0 spiro atoms. The standard InChI is InChI=1S/C22H22FN3O/c1-3-20-18-13-15(21-11-12-24-26(21)4-2)9-10-17(18)22(27)25(20)14-16-7-5-6-8-19(16)23/h5-13,20H,3-4,14H2,1-2H3. The number of carbonyl (C=O) groups excluding carboxylic acids is 1. The summed E-state index contributed by atoms with van der Waals surface area (Å²) in [6.07, 6.45) is 2.57. The first-order valence-electron chi connectivity index (χ1n) is 9.34. The van der Waals surface area contributed by atoms with Gasteiger partial charge >= 0.3 is 0 Å². The molecule has 0 saturated carbocycles. The van der Waals surface area contributed by atoms with E-state index >= 15 is 0 Å². The molecule has 4 rings (SSSR count). The van der Waals surface area contributed by atoms with Crippen molar-refractivity contribution in [2.75, 3.05) is 0 Å². The minimum absolute atomic E-state index is 0.0318. The minimum atomic E-state index is -0.274. The van der Waals surface area contributed by atoms with Gasteiger partial charge in [-0.2, -0.15) is 5.10 Å². The molecule has 0 bridgehead atoms. The van der Waals surface area contributed by atoms with Crippen LogP contribution in [0.3, 0.4) is 0 Å². The van der Waals surface area contributed by atoms with Gasteiger partial charge in [-0.05, 0) is 43.2 Å². The van der Waals surface area contributed by atoms with E-state index in [9.17, 15) is 9.18 Å². The summed E-state index contributed by atoms with van der Waals surface area (Å²) >= 11 is 0. The molecule has 5 heteroatoms. The Morgan fingerprint density at radius 3 is 2.67 bits per heavy atom. The minimum Gasteiger partial charge on any atom is -0.327 e. The summed E-state index contributed by atoms with van der Waals surface area (Å²) < 4.78 is 16.1. The summed E-state index contributed by atoms with van der Waals surface area (Å²) in [6.45, 7) is 5.18. The van der Waals surface area contributed by atoms with Gasteiger partial charge in [0.2, 0.25) is 0 Å². The number of benzene rings is 2. The summed E-state index contributed by atoms with van der Waals surface area (Å²) in [5.74, 6) is -0.306. The van der Waals surface area contributed by atoms with E-state index < -0.39 is 0 Å². The Balaban J connectivity index is 1.72. The van der Waals surface area contributed by atoms with Crippen LogP contribution in [0.15, 0.2) is 54.7 Å². The zero-order chi connectivity index (χ0) is 19.0. The lowest BCUT2D eigenvalue weighted by Crippen LogP contribution is -2.27. The first kappa shape index (κ1) is 17.5. The number of carbonyl (C=O) groups is 1. The molecule has 138 valence electrons. The maximum absolute atomic E-state index is 14.1. The number of fused-ring (bicyclic) bond motifs is 1. The number of hydrogen-bond acceptors (Lipinski definition) is 2. The van der Waals surface area contributed by atoms with Gasteiger partial charge in [0, 0.05) is 36.0 Å². The van der Waals surface area contributed by atoms with Gasteiger partial charge in [0.1, 0.15) is 5.82 Å². The molecule has 0 fully saturated rings. The first-order chi connectivity index (χ1) is 13.1. The fraction of sp³-hybridized carbons (Fsp3) is 0.273. The molecule has 1 atom stereocenters. The van der Waals surface area contributed by atoms with Gasteiger partial charge in [-0.15, -0.1) is 0 Å². The van der Waals surface area contributed by atoms with Gasteiger partial charge < -0.3 is 4.90 Å². The Morgan fingerprint density at radius 1 is 1.11 bits per heavy atom. The molecule has 1 aromatic heterocycles. The van der Waals surface area contributed by atoms with Crippen molar-refractivity contribution in [2.45, 2.75) is 39.4 Å². The highest BCUT2D eigenvalue weighted by Crippen LogP contribution is 2.39. The van der Waals surface area contributed by atoms with Crippen molar-refractivity contribution in [1.82, 2.24) is 14.7 Å². The Morgan fingerprint density at radius 2 is 1.93 bits per heavy atom. The van der Waals surface area contributed by atoms with Crippen molar-refractivity contribution in [3.8, 4) is 11.3 Å². The van der Waals surface area contributed by atoms with Crippen LogP contribution >= 0.6 is 0 Å². The normalized spacial score (nSPS) is 16.0. The molecule has 0 radical (unpaired) electrons. The van der Waals surface area contributed by atoms with Gasteiger partial charge in [0.05, 0.1) is 11.7 Å². The van der Waals surface area contributed by atoms with Crippen molar-refractivity contribution in [1.29, 1.82) is 0 Å². The van der Waals surface area contributed by atoms with Crippen LogP contribution in [0.4, 0.5) is 4.39 Å². The summed E-state index contributed by atoms with van der Waals surface area (Å²) in [4.78, 5) is 14.8. The Labute approximate surface area is 158 Å². The van der Waals surface area contributed by atoms with Gasteiger partial charge in [0.15, 0.2) is 0 Å². The Hall–Kier alpha value is -2.95. The molecular formula is C22H22FN3O. The van der Waals surface area contributed by atoms with Crippen LogP contribution < -0.4 is 0 Å². The molecule has 3 aromatic rings. The second-order valence-corrected chi connectivity index (χ2v) is 6.78. The molecule has 0 saturated heterocycles. The number of nitrogens with zero attached hydrogens (tertiary/aromatic N) is 3. The largest absolute Gasteiger partial charge is 0.327 e. The summed E-state index contributed by atoms with van der Waals surface area (Å²) in [5, 5.41) is 4.34. The molecule has 1 amide bonds. The molecule has 1 aliphatic rings. The smallest absolute Gasteiger partial charge is 0.255 e. The average Bonchev–Trinajstić information content (AvgIpc) is 3.26. The fourth-order valence-electron chi connectivity index (χ4n) is 3.92. The maximum Gasteiger partial charge on any atom is 0.255 e. The zero-order valence-corrected chi connectivity index (χ0v) is 15.5. The van der Waals surface area contributed by atoms with Crippen molar-refractivity contribution in [3.63, 3.8) is 0 Å². The molecule has 1 unspecified atom stereocenters. The van der Waals surface area contributed by atoms with Gasteiger partial charge in [-0.3, -0.25) is 9.48 Å². The van der Waals surface area contributed by atoms with Crippen LogP contribution in [-0.4, -0.2) is 20.6 Å². The van der Waals surface area contributed by atoms with E-state index in [-0.39, 0.29) is 24.3 Å². The zero-order valence-electron chi connectivity index (χ0n) is 15.5. The third kappa shape index (κ3) is 2.93. The summed E-state index contributed by atoms with van der Waals surface area (Å²) in [6, 6.07) is 14.5. The highest BCUT2D eigenvalue weighted by Gasteiger charge is 2.36. The van der Waals surface area contributed by atoms with E-state index in [2.05, 4.69) is 25.0 Å². The number of halogens is 1. The molecular weight excluding hydrogens is 341 g/mol. The van der Waals surface area contributed by atoms with Crippen LogP contribution in [-0.2, 0) is 13.1 Å². The Kier molecular flexibility index (Phi) is 4.52. The number of aromatic nitrogens is 2. The van der Waals surface area contributed by atoms with E-state index in [1.54, 1.807) is 29.3 Å². The molecule has 2 aromatic carbocycles. The number of hydrogen-bond donors (Lipinski definition) is 0. The molecule has 27 heavy (non-hydrogen) atoms. The van der Waals surface area contributed by atoms with E-state index in [1.165, 1.54) is 6.07 Å². The fourth-order valence-corrected chi connectivity index (χ4v) is 3.92. The van der Waals surface area contributed by atoms with Crippen LogP contribution in [0, 0.1) is 5.82 Å². The lowest BCUT2D eigenvalue weighted by Gasteiger charge is -2.24. The van der Waals surface area contributed by atoms with Crippen LogP contribution in [0.2, 0.25) is 0 Å². The van der Waals surface area contributed by atoms with Crippen molar-refractivity contribution in [3.05, 3.63) is 77.2 Å². The molecule has 0 N–H and O–H groups in total. The first-order valence-corrected chi connectivity index (χ1v) is 9.34. The molecule has 1 aliphatic heterocycles. The van der Waals surface area contributed by atoms with E-state index in [0.717, 1.165) is 29.8 Å².